The highest BCUT2D eigenvalue weighted by Crippen LogP contribution is 2.29. The van der Waals surface area contributed by atoms with Crippen LogP contribution in [0, 0.1) is 0 Å². The van der Waals surface area contributed by atoms with Crippen molar-refractivity contribution in [1.29, 1.82) is 0 Å². The molecule has 2 rings (SSSR count). The van der Waals surface area contributed by atoms with Crippen LogP contribution in [0.4, 0.5) is 0 Å². The second kappa shape index (κ2) is 4.41. The Kier molecular flexibility index (Phi) is 3.35. The fourth-order valence-electron chi connectivity index (χ4n) is 1.68. The molecule has 0 bridgehead atoms. The van der Waals surface area contributed by atoms with Crippen molar-refractivity contribution in [3.63, 3.8) is 0 Å². The molecule has 0 saturated carbocycles. The van der Waals surface area contributed by atoms with Crippen molar-refractivity contribution in [3.05, 3.63) is 16.5 Å². The average Bonchev–Trinajstić information content (AvgIpc) is 2.67. The van der Waals surface area contributed by atoms with E-state index >= 15 is 0 Å². The maximum absolute atomic E-state index is 12.1. The number of sulfone groups is 1. The van der Waals surface area contributed by atoms with Crippen LogP contribution < -0.4 is 5.32 Å². The van der Waals surface area contributed by atoms with Gasteiger partial charge in [-0.2, -0.15) is 0 Å². The molecule has 1 unspecified atom stereocenters. The summed E-state index contributed by atoms with van der Waals surface area (Å²) in [5, 5.41) is 2.61. The largest absolute Gasteiger partial charge is 0.301 e. The summed E-state index contributed by atoms with van der Waals surface area (Å²) in [5.74, 6) is 0. The van der Waals surface area contributed by atoms with Crippen LogP contribution in [0.3, 0.4) is 0 Å². The molecular weight excluding hydrogens is 254 g/mol. The van der Waals surface area contributed by atoms with E-state index in [1.54, 1.807) is 12.1 Å². The molecule has 0 amide bonds. The van der Waals surface area contributed by atoms with E-state index in [4.69, 9.17) is 11.6 Å². The zero-order chi connectivity index (χ0) is 10.9. The lowest BCUT2D eigenvalue weighted by Gasteiger charge is -2.22. The van der Waals surface area contributed by atoms with Crippen LogP contribution in [0.25, 0.3) is 0 Å². The molecule has 0 aromatic carbocycles. The first kappa shape index (κ1) is 11.4. The SMILES string of the molecule is O=S(=O)(c1ccc(Cl)s1)C1CCCCN1. The first-order valence-electron chi connectivity index (χ1n) is 4.83. The molecule has 1 fully saturated rings. The van der Waals surface area contributed by atoms with Crippen molar-refractivity contribution in [3.8, 4) is 0 Å². The second-order valence-corrected chi connectivity index (χ2v) is 7.61. The normalized spacial score (nSPS) is 22.9. The minimum absolute atomic E-state index is 0.368. The summed E-state index contributed by atoms with van der Waals surface area (Å²) >= 11 is 6.86. The van der Waals surface area contributed by atoms with Gasteiger partial charge in [0, 0.05) is 0 Å². The van der Waals surface area contributed by atoms with Gasteiger partial charge < -0.3 is 5.32 Å². The summed E-state index contributed by atoms with van der Waals surface area (Å²) in [5.41, 5.74) is 0. The van der Waals surface area contributed by atoms with E-state index in [2.05, 4.69) is 5.32 Å². The van der Waals surface area contributed by atoms with E-state index in [9.17, 15) is 8.42 Å². The highest BCUT2D eigenvalue weighted by Gasteiger charge is 2.29. The van der Waals surface area contributed by atoms with Gasteiger partial charge in [-0.15, -0.1) is 11.3 Å². The fourth-order valence-corrected chi connectivity index (χ4v) is 5.02. The van der Waals surface area contributed by atoms with E-state index < -0.39 is 15.2 Å². The maximum Gasteiger partial charge on any atom is 0.203 e. The van der Waals surface area contributed by atoms with Gasteiger partial charge in [-0.25, -0.2) is 8.42 Å². The van der Waals surface area contributed by atoms with Crippen molar-refractivity contribution in [2.45, 2.75) is 28.8 Å². The summed E-state index contributed by atoms with van der Waals surface area (Å²) < 4.78 is 25.1. The molecule has 1 atom stereocenters. The molecule has 0 spiro atoms. The number of thiophene rings is 1. The number of nitrogens with one attached hydrogen (secondary N) is 1. The summed E-state index contributed by atoms with van der Waals surface area (Å²) in [6.45, 7) is 0.781. The molecule has 15 heavy (non-hydrogen) atoms. The van der Waals surface area contributed by atoms with Crippen LogP contribution in [0.15, 0.2) is 16.3 Å². The fraction of sp³-hybridized carbons (Fsp3) is 0.556. The molecule has 1 N–H and O–H groups in total. The molecule has 1 aliphatic heterocycles. The molecule has 1 aromatic heterocycles. The van der Waals surface area contributed by atoms with E-state index in [1.165, 1.54) is 0 Å². The Morgan fingerprint density at radius 3 is 2.73 bits per heavy atom. The lowest BCUT2D eigenvalue weighted by atomic mass is 10.2. The predicted molar refractivity (Wildman–Crippen MR) is 62.2 cm³/mol. The number of halogens is 1. The Morgan fingerprint density at radius 1 is 1.40 bits per heavy atom. The van der Waals surface area contributed by atoms with Gasteiger partial charge in [0.25, 0.3) is 0 Å². The Bertz CT molecular complexity index is 435. The minimum Gasteiger partial charge on any atom is -0.301 e. The zero-order valence-corrected chi connectivity index (χ0v) is 10.5. The van der Waals surface area contributed by atoms with Crippen LogP contribution in [0.2, 0.25) is 4.34 Å². The van der Waals surface area contributed by atoms with Gasteiger partial charge in [-0.1, -0.05) is 11.6 Å². The molecule has 1 saturated heterocycles. The highest BCUT2D eigenvalue weighted by atomic mass is 35.5. The minimum atomic E-state index is -3.22. The molecule has 0 radical (unpaired) electrons. The standard InChI is InChI=1S/C9H12ClNO2S2/c10-7-4-5-9(14-7)15(12,13)8-3-1-2-6-11-8/h4-5,8,11H,1-3,6H2. The molecule has 84 valence electrons. The van der Waals surface area contributed by atoms with Crippen molar-refractivity contribution in [2.24, 2.45) is 0 Å². The lowest BCUT2D eigenvalue weighted by molar-refractivity contribution is 0.462. The predicted octanol–water partition coefficient (Wildman–Crippen LogP) is 2.27. The Hall–Kier alpha value is -0.100. The van der Waals surface area contributed by atoms with Crippen LogP contribution >= 0.6 is 22.9 Å². The number of hydrogen-bond donors (Lipinski definition) is 1. The van der Waals surface area contributed by atoms with Crippen LogP contribution in [0.1, 0.15) is 19.3 Å². The Balaban J connectivity index is 2.26. The van der Waals surface area contributed by atoms with Crippen LogP contribution in [-0.4, -0.2) is 20.3 Å². The number of piperidine rings is 1. The van der Waals surface area contributed by atoms with Gasteiger partial charge in [0.15, 0.2) is 0 Å². The smallest absolute Gasteiger partial charge is 0.203 e. The van der Waals surface area contributed by atoms with Crippen molar-refractivity contribution < 1.29 is 8.42 Å². The molecule has 2 heterocycles. The van der Waals surface area contributed by atoms with Gasteiger partial charge in [0.2, 0.25) is 9.84 Å². The molecule has 0 aliphatic carbocycles. The first-order chi connectivity index (χ1) is 7.10. The highest BCUT2D eigenvalue weighted by molar-refractivity contribution is 7.94. The van der Waals surface area contributed by atoms with Crippen molar-refractivity contribution >= 4 is 32.8 Å². The summed E-state index contributed by atoms with van der Waals surface area (Å²) in [4.78, 5) is 0. The maximum atomic E-state index is 12.1. The van der Waals surface area contributed by atoms with E-state index in [0.717, 1.165) is 30.7 Å². The third kappa shape index (κ3) is 2.36. The second-order valence-electron chi connectivity index (χ2n) is 3.54. The number of rotatable bonds is 2. The van der Waals surface area contributed by atoms with Gasteiger partial charge >= 0.3 is 0 Å². The van der Waals surface area contributed by atoms with Crippen molar-refractivity contribution in [2.75, 3.05) is 6.54 Å². The molecule has 1 aliphatic rings. The summed E-state index contributed by atoms with van der Waals surface area (Å²) in [6, 6.07) is 3.21. The van der Waals surface area contributed by atoms with Gasteiger partial charge in [-0.3, -0.25) is 0 Å². The molecule has 1 aromatic rings. The third-order valence-corrected chi connectivity index (χ3v) is 6.29. The molecule has 3 nitrogen and oxygen atoms in total. The zero-order valence-electron chi connectivity index (χ0n) is 8.07. The number of hydrogen-bond acceptors (Lipinski definition) is 4. The van der Waals surface area contributed by atoms with Crippen molar-refractivity contribution in [1.82, 2.24) is 5.32 Å². The van der Waals surface area contributed by atoms with E-state index in [0.29, 0.717) is 15.0 Å². The Labute approximate surface area is 98.4 Å². The molecular formula is C9H12ClNO2S2. The lowest BCUT2D eigenvalue weighted by Crippen LogP contribution is -2.40. The average molecular weight is 266 g/mol. The van der Waals surface area contributed by atoms with Crippen LogP contribution in [-0.2, 0) is 9.84 Å². The summed E-state index contributed by atoms with van der Waals surface area (Å²) in [6.07, 6.45) is 2.71. The quantitative estimate of drug-likeness (QED) is 0.892. The van der Waals surface area contributed by atoms with Gasteiger partial charge in [0.05, 0.1) is 4.34 Å². The van der Waals surface area contributed by atoms with Crippen LogP contribution in [0.5, 0.6) is 0 Å². The van der Waals surface area contributed by atoms with E-state index in [-0.39, 0.29) is 0 Å². The van der Waals surface area contributed by atoms with Gasteiger partial charge in [-0.05, 0) is 37.9 Å². The first-order valence-corrected chi connectivity index (χ1v) is 7.57. The topological polar surface area (TPSA) is 46.2 Å². The van der Waals surface area contributed by atoms with E-state index in [1.807, 2.05) is 0 Å². The Morgan fingerprint density at radius 2 is 2.20 bits per heavy atom. The molecule has 6 heteroatoms. The third-order valence-electron chi connectivity index (χ3n) is 2.47. The summed E-state index contributed by atoms with van der Waals surface area (Å²) in [7, 11) is -3.22. The van der Waals surface area contributed by atoms with Gasteiger partial charge in [0.1, 0.15) is 9.58 Å². The monoisotopic (exact) mass is 265 g/mol.